The van der Waals surface area contributed by atoms with Crippen LogP contribution in [-0.2, 0) is 20.6 Å². The average Bonchev–Trinajstić information content (AvgIpc) is 2.77. The van der Waals surface area contributed by atoms with Crippen LogP contribution in [-0.4, -0.2) is 9.55 Å². The van der Waals surface area contributed by atoms with E-state index in [-0.39, 0.29) is 34.0 Å². The molecule has 1 N–H and O–H groups in total. The molecule has 0 radical (unpaired) electrons. The second-order valence-corrected chi connectivity index (χ2v) is 3.19. The summed E-state index contributed by atoms with van der Waals surface area (Å²) in [5.74, 6) is 0. The van der Waals surface area contributed by atoms with Gasteiger partial charge in [-0.25, -0.2) is 13.7 Å². The summed E-state index contributed by atoms with van der Waals surface area (Å²) in [5.41, 5.74) is 0. The summed E-state index contributed by atoms with van der Waals surface area (Å²) in [7, 11) is 3.99. The van der Waals surface area contributed by atoms with E-state index in [4.69, 9.17) is 0 Å². The van der Waals surface area contributed by atoms with Crippen molar-refractivity contribution < 1.29 is 43.1 Å². The average molecular weight is 354 g/mol. The summed E-state index contributed by atoms with van der Waals surface area (Å²) in [6, 6.07) is 0. The van der Waals surface area contributed by atoms with Crippen molar-refractivity contribution in [2.24, 2.45) is 14.1 Å². The van der Waals surface area contributed by atoms with Gasteiger partial charge in [0.1, 0.15) is 24.8 Å². The molecule has 0 saturated heterocycles. The van der Waals surface area contributed by atoms with E-state index >= 15 is 0 Å². The monoisotopic (exact) mass is 352 g/mol. The SMILES string of the molecule is CCn1cc[n+](C)c1.C[n+]1cc[nH]c1.[Br-].[Br-]. The van der Waals surface area contributed by atoms with Crippen LogP contribution in [0.5, 0.6) is 0 Å². The van der Waals surface area contributed by atoms with Crippen LogP contribution >= 0.6 is 0 Å². The van der Waals surface area contributed by atoms with E-state index in [1.54, 1.807) is 0 Å². The van der Waals surface area contributed by atoms with Gasteiger partial charge in [0.25, 0.3) is 0 Å². The molecule has 0 aliphatic heterocycles. The zero-order valence-electron chi connectivity index (χ0n) is 9.77. The molecule has 0 fully saturated rings. The molecule has 16 heavy (non-hydrogen) atoms. The number of rotatable bonds is 1. The van der Waals surface area contributed by atoms with Gasteiger partial charge < -0.3 is 34.0 Å². The van der Waals surface area contributed by atoms with E-state index < -0.39 is 0 Å². The zero-order valence-corrected chi connectivity index (χ0v) is 12.9. The molecule has 0 aromatic carbocycles. The Balaban J connectivity index is 0. The van der Waals surface area contributed by atoms with Gasteiger partial charge in [-0.2, -0.15) is 0 Å². The predicted molar refractivity (Wildman–Crippen MR) is 53.3 cm³/mol. The highest BCUT2D eigenvalue weighted by molar-refractivity contribution is 4.63. The van der Waals surface area contributed by atoms with Crippen LogP contribution in [0.2, 0.25) is 0 Å². The summed E-state index contributed by atoms with van der Waals surface area (Å²) in [4.78, 5) is 2.89. The molecule has 0 amide bonds. The number of imidazole rings is 2. The Bertz CT molecular complexity index is 357. The Labute approximate surface area is 117 Å². The van der Waals surface area contributed by atoms with Gasteiger partial charge in [-0.15, -0.1) is 0 Å². The summed E-state index contributed by atoms with van der Waals surface area (Å²) in [5, 5.41) is 0. The van der Waals surface area contributed by atoms with E-state index in [0.717, 1.165) is 6.54 Å². The predicted octanol–water partition coefficient (Wildman–Crippen LogP) is -5.82. The van der Waals surface area contributed by atoms with Gasteiger partial charge >= 0.3 is 0 Å². The van der Waals surface area contributed by atoms with Crippen LogP contribution in [0.4, 0.5) is 0 Å². The lowest BCUT2D eigenvalue weighted by molar-refractivity contribution is -0.671. The molecule has 0 spiro atoms. The van der Waals surface area contributed by atoms with Gasteiger partial charge in [0.05, 0.1) is 20.6 Å². The van der Waals surface area contributed by atoms with Crippen LogP contribution < -0.4 is 43.1 Å². The summed E-state index contributed by atoms with van der Waals surface area (Å²) >= 11 is 0. The quantitative estimate of drug-likeness (QED) is 0.495. The van der Waals surface area contributed by atoms with Crippen molar-refractivity contribution >= 4 is 0 Å². The largest absolute Gasteiger partial charge is 1.00 e. The Morgan fingerprint density at radius 1 is 1.12 bits per heavy atom. The Morgan fingerprint density at radius 2 is 1.81 bits per heavy atom. The Hall–Kier alpha value is -0.620. The highest BCUT2D eigenvalue weighted by atomic mass is 79.9. The lowest BCUT2D eigenvalue weighted by Crippen LogP contribution is -3.00. The van der Waals surface area contributed by atoms with Gasteiger partial charge in [0, 0.05) is 0 Å². The molecule has 0 saturated carbocycles. The molecule has 0 aliphatic carbocycles. The number of nitrogens with zero attached hydrogens (tertiary/aromatic N) is 3. The third kappa shape index (κ3) is 6.79. The number of hydrogen-bond donors (Lipinski definition) is 1. The third-order valence-corrected chi connectivity index (χ3v) is 1.87. The first kappa shape index (κ1) is 17.8. The van der Waals surface area contributed by atoms with E-state index in [1.807, 2.05) is 48.1 Å². The van der Waals surface area contributed by atoms with Gasteiger partial charge in [-0.05, 0) is 6.92 Å². The maximum Gasteiger partial charge on any atom is 0.243 e. The maximum absolute atomic E-state index is 2.89. The van der Waals surface area contributed by atoms with Crippen molar-refractivity contribution in [2.75, 3.05) is 0 Å². The first-order chi connectivity index (χ1) is 6.72. The van der Waals surface area contributed by atoms with Crippen molar-refractivity contribution in [1.29, 1.82) is 0 Å². The maximum atomic E-state index is 2.89. The fraction of sp³-hybridized carbons (Fsp3) is 0.400. The number of hydrogen-bond acceptors (Lipinski definition) is 0. The molecule has 0 aliphatic rings. The van der Waals surface area contributed by atoms with E-state index in [0.29, 0.717) is 0 Å². The molecule has 0 bridgehead atoms. The van der Waals surface area contributed by atoms with E-state index in [1.165, 1.54) is 0 Å². The van der Waals surface area contributed by atoms with Gasteiger partial charge in [0.15, 0.2) is 0 Å². The fourth-order valence-electron chi connectivity index (χ4n) is 1.05. The normalized spacial score (nSPS) is 8.19. The third-order valence-electron chi connectivity index (χ3n) is 1.87. The number of nitrogens with one attached hydrogen (secondary N) is 1. The van der Waals surface area contributed by atoms with Crippen LogP contribution in [0, 0.1) is 0 Å². The molecular formula is C10H18Br2N4. The highest BCUT2D eigenvalue weighted by Crippen LogP contribution is 1.79. The second-order valence-electron chi connectivity index (χ2n) is 3.19. The number of aromatic nitrogens is 4. The summed E-state index contributed by atoms with van der Waals surface area (Å²) < 4.78 is 6.10. The lowest BCUT2D eigenvalue weighted by atomic mass is 10.7. The van der Waals surface area contributed by atoms with Crippen molar-refractivity contribution in [3.8, 4) is 0 Å². The topological polar surface area (TPSA) is 28.5 Å². The first-order valence-electron chi connectivity index (χ1n) is 4.71. The lowest BCUT2D eigenvalue weighted by Gasteiger charge is -1.81. The van der Waals surface area contributed by atoms with Gasteiger partial charge in [0.2, 0.25) is 12.7 Å². The van der Waals surface area contributed by atoms with E-state index in [2.05, 4.69) is 29.0 Å². The highest BCUT2D eigenvalue weighted by Gasteiger charge is 1.92. The molecule has 92 valence electrons. The zero-order chi connectivity index (χ0) is 10.4. The fourth-order valence-corrected chi connectivity index (χ4v) is 1.05. The van der Waals surface area contributed by atoms with Crippen LogP contribution in [0.1, 0.15) is 6.92 Å². The molecule has 2 aromatic heterocycles. The Morgan fingerprint density at radius 3 is 2.00 bits per heavy atom. The number of aryl methyl sites for hydroxylation is 3. The summed E-state index contributed by atoms with van der Waals surface area (Å²) in [6.07, 6.45) is 11.8. The van der Waals surface area contributed by atoms with Crippen molar-refractivity contribution in [3.05, 3.63) is 37.4 Å². The molecule has 2 heterocycles. The number of H-pyrrole nitrogens is 1. The van der Waals surface area contributed by atoms with Crippen LogP contribution in [0.25, 0.3) is 0 Å². The molecular weight excluding hydrogens is 336 g/mol. The smallest absolute Gasteiger partial charge is 0.243 e. The minimum atomic E-state index is 0. The van der Waals surface area contributed by atoms with Crippen molar-refractivity contribution in [1.82, 2.24) is 9.55 Å². The minimum absolute atomic E-state index is 0. The van der Waals surface area contributed by atoms with Crippen molar-refractivity contribution in [3.63, 3.8) is 0 Å². The minimum Gasteiger partial charge on any atom is -1.00 e. The molecule has 2 rings (SSSR count). The molecule has 2 aromatic rings. The van der Waals surface area contributed by atoms with Crippen LogP contribution in [0.3, 0.4) is 0 Å². The van der Waals surface area contributed by atoms with Gasteiger partial charge in [-0.3, -0.25) is 4.98 Å². The van der Waals surface area contributed by atoms with Crippen LogP contribution in [0.15, 0.2) is 37.4 Å². The molecule has 6 heteroatoms. The van der Waals surface area contributed by atoms with Gasteiger partial charge in [-0.1, -0.05) is 0 Å². The van der Waals surface area contributed by atoms with E-state index in [9.17, 15) is 0 Å². The number of halogens is 2. The summed E-state index contributed by atoms with van der Waals surface area (Å²) in [6.45, 7) is 3.18. The molecule has 0 atom stereocenters. The first-order valence-corrected chi connectivity index (χ1v) is 4.71. The molecule has 4 nitrogen and oxygen atoms in total. The standard InChI is InChI=1S/C6H11N2.C4H6N2.2BrH/c1-3-8-5-4-7(2)6-8;1-6-3-2-5-4-6;;/h4-6H,3H2,1-2H3;2-4H,1H3;2*1H/q+1;;;/p-1. The number of aromatic amines is 1. The molecule has 0 unspecified atom stereocenters. The second kappa shape index (κ2) is 9.59. The Kier molecular flexibility index (Phi) is 10.7. The van der Waals surface area contributed by atoms with Crippen molar-refractivity contribution in [2.45, 2.75) is 13.5 Å².